The fraction of sp³-hybridized carbons (Fsp3) is 0.250. The lowest BCUT2D eigenvalue weighted by atomic mass is 9.86. The standard InChI is InChI=1S/C24H23N2O/c1-16-6-5-13-25-22(16)20-12-9-18-15-26-27-23(18)21(20)14-17-7-10-19(11-8-17)24(2,3)4/h5-13H,14H2,1-4H3. The number of nitrogens with zero attached hydrogens (tertiary/aromatic N) is 2. The molecule has 2 heterocycles. The largest absolute Gasteiger partial charge is 0.355 e. The van der Waals surface area contributed by atoms with Crippen LogP contribution in [0.3, 0.4) is 0 Å². The van der Waals surface area contributed by atoms with Crippen molar-refractivity contribution in [1.82, 2.24) is 10.1 Å². The first-order valence-corrected chi connectivity index (χ1v) is 9.24. The Hall–Kier alpha value is -2.94. The van der Waals surface area contributed by atoms with Crippen molar-refractivity contribution in [1.29, 1.82) is 0 Å². The van der Waals surface area contributed by atoms with Crippen molar-refractivity contribution in [3.8, 4) is 11.3 Å². The zero-order chi connectivity index (χ0) is 19.0. The third kappa shape index (κ3) is 3.37. The van der Waals surface area contributed by atoms with Gasteiger partial charge in [-0.25, -0.2) is 0 Å². The molecule has 0 spiro atoms. The monoisotopic (exact) mass is 355 g/mol. The van der Waals surface area contributed by atoms with Crippen molar-refractivity contribution in [3.05, 3.63) is 83.2 Å². The maximum atomic E-state index is 5.57. The van der Waals surface area contributed by atoms with Gasteiger partial charge in [-0.15, -0.1) is 0 Å². The predicted molar refractivity (Wildman–Crippen MR) is 109 cm³/mol. The number of aromatic nitrogens is 2. The Balaban J connectivity index is 1.82. The molecule has 0 unspecified atom stereocenters. The van der Waals surface area contributed by atoms with Crippen LogP contribution in [-0.2, 0) is 11.8 Å². The highest BCUT2D eigenvalue weighted by Gasteiger charge is 2.17. The average Bonchev–Trinajstić information content (AvgIpc) is 3.12. The van der Waals surface area contributed by atoms with E-state index in [9.17, 15) is 0 Å². The molecule has 27 heavy (non-hydrogen) atoms. The third-order valence-corrected chi connectivity index (χ3v) is 5.03. The SMILES string of the molecule is Cc1cccnc1-c1ccc2[c]noc2c1Cc1ccc(C(C)(C)C)cc1. The summed E-state index contributed by atoms with van der Waals surface area (Å²) in [5.74, 6) is 0. The maximum Gasteiger partial charge on any atom is 0.171 e. The molecule has 135 valence electrons. The Bertz CT molecular complexity index is 1090. The number of pyridine rings is 1. The fourth-order valence-corrected chi connectivity index (χ4v) is 3.43. The second kappa shape index (κ2) is 6.66. The molecule has 4 rings (SSSR count). The Morgan fingerprint density at radius 1 is 1.00 bits per heavy atom. The molecule has 3 nitrogen and oxygen atoms in total. The van der Waals surface area contributed by atoms with Crippen LogP contribution in [-0.4, -0.2) is 10.1 Å². The van der Waals surface area contributed by atoms with Crippen LogP contribution in [0.5, 0.6) is 0 Å². The van der Waals surface area contributed by atoms with Gasteiger partial charge in [0.1, 0.15) is 6.20 Å². The molecule has 3 heteroatoms. The lowest BCUT2D eigenvalue weighted by molar-refractivity contribution is 0.453. The van der Waals surface area contributed by atoms with E-state index in [-0.39, 0.29) is 5.41 Å². The third-order valence-electron chi connectivity index (χ3n) is 5.03. The van der Waals surface area contributed by atoms with Gasteiger partial charge in [0.25, 0.3) is 0 Å². The summed E-state index contributed by atoms with van der Waals surface area (Å²) in [6, 6.07) is 17.0. The summed E-state index contributed by atoms with van der Waals surface area (Å²) in [5.41, 5.74) is 7.82. The van der Waals surface area contributed by atoms with Crippen molar-refractivity contribution < 1.29 is 4.52 Å². The minimum atomic E-state index is 0.147. The van der Waals surface area contributed by atoms with Crippen LogP contribution in [0.1, 0.15) is 43.0 Å². The molecule has 0 saturated carbocycles. The Morgan fingerprint density at radius 2 is 1.78 bits per heavy atom. The zero-order valence-electron chi connectivity index (χ0n) is 16.2. The van der Waals surface area contributed by atoms with Crippen molar-refractivity contribution in [2.45, 2.75) is 39.5 Å². The van der Waals surface area contributed by atoms with Gasteiger partial charge < -0.3 is 4.52 Å². The molecule has 1 radical (unpaired) electrons. The van der Waals surface area contributed by atoms with Crippen LogP contribution >= 0.6 is 0 Å². The van der Waals surface area contributed by atoms with Gasteiger partial charge in [-0.3, -0.25) is 4.98 Å². The highest BCUT2D eigenvalue weighted by molar-refractivity contribution is 5.87. The summed E-state index contributed by atoms with van der Waals surface area (Å²) < 4.78 is 5.57. The lowest BCUT2D eigenvalue weighted by Gasteiger charge is -2.19. The molecule has 0 N–H and O–H groups in total. The number of rotatable bonds is 3. The van der Waals surface area contributed by atoms with Crippen molar-refractivity contribution >= 4 is 11.0 Å². The van der Waals surface area contributed by atoms with E-state index in [1.54, 1.807) is 0 Å². The highest BCUT2D eigenvalue weighted by Crippen LogP contribution is 2.33. The molecule has 0 saturated heterocycles. The van der Waals surface area contributed by atoms with Gasteiger partial charge in [-0.2, -0.15) is 0 Å². The average molecular weight is 355 g/mol. The van der Waals surface area contributed by atoms with Gasteiger partial charge in [0.15, 0.2) is 5.58 Å². The molecular formula is C24H23N2O. The van der Waals surface area contributed by atoms with Crippen LogP contribution in [0.25, 0.3) is 22.2 Å². The summed E-state index contributed by atoms with van der Waals surface area (Å²) in [7, 11) is 0. The van der Waals surface area contributed by atoms with E-state index in [1.165, 1.54) is 11.1 Å². The second-order valence-corrected chi connectivity index (χ2v) is 8.06. The Labute approximate surface area is 160 Å². The summed E-state index contributed by atoms with van der Waals surface area (Å²) in [6.45, 7) is 8.78. The Morgan fingerprint density at radius 3 is 2.48 bits per heavy atom. The van der Waals surface area contributed by atoms with Gasteiger partial charge in [-0.05, 0) is 41.2 Å². The van der Waals surface area contributed by atoms with Crippen molar-refractivity contribution in [3.63, 3.8) is 0 Å². The minimum absolute atomic E-state index is 0.147. The van der Waals surface area contributed by atoms with E-state index in [0.29, 0.717) is 0 Å². The first-order chi connectivity index (χ1) is 12.9. The molecule has 4 aromatic rings. The second-order valence-electron chi connectivity index (χ2n) is 8.06. The molecule has 0 aliphatic carbocycles. The van der Waals surface area contributed by atoms with Crippen LogP contribution in [0.15, 0.2) is 59.3 Å². The molecule has 0 aliphatic rings. The van der Waals surface area contributed by atoms with Crippen LogP contribution in [0.4, 0.5) is 0 Å². The molecule has 0 amide bonds. The van der Waals surface area contributed by atoms with Crippen LogP contribution < -0.4 is 0 Å². The van der Waals surface area contributed by atoms with Crippen LogP contribution in [0, 0.1) is 13.1 Å². The highest BCUT2D eigenvalue weighted by atomic mass is 16.5. The lowest BCUT2D eigenvalue weighted by Crippen LogP contribution is -2.10. The fourth-order valence-electron chi connectivity index (χ4n) is 3.43. The number of hydrogen-bond donors (Lipinski definition) is 0. The van der Waals surface area contributed by atoms with E-state index in [0.717, 1.165) is 39.8 Å². The normalized spacial score (nSPS) is 11.9. The van der Waals surface area contributed by atoms with E-state index in [2.05, 4.69) is 80.4 Å². The molecule has 0 aliphatic heterocycles. The van der Waals surface area contributed by atoms with E-state index in [4.69, 9.17) is 4.52 Å². The molecule has 0 atom stereocenters. The first-order valence-electron chi connectivity index (χ1n) is 9.24. The molecule has 2 aromatic carbocycles. The summed E-state index contributed by atoms with van der Waals surface area (Å²) in [4.78, 5) is 4.62. The predicted octanol–water partition coefficient (Wildman–Crippen LogP) is 5.89. The van der Waals surface area contributed by atoms with Crippen molar-refractivity contribution in [2.24, 2.45) is 0 Å². The number of fused-ring (bicyclic) bond motifs is 1. The van der Waals surface area contributed by atoms with Gasteiger partial charge >= 0.3 is 0 Å². The smallest absolute Gasteiger partial charge is 0.171 e. The number of benzene rings is 2. The number of aryl methyl sites for hydroxylation is 1. The topological polar surface area (TPSA) is 38.9 Å². The summed E-state index contributed by atoms with van der Waals surface area (Å²) >= 11 is 0. The minimum Gasteiger partial charge on any atom is -0.355 e. The summed E-state index contributed by atoms with van der Waals surface area (Å²) in [5, 5.41) is 4.78. The Kier molecular flexibility index (Phi) is 4.31. The molecule has 0 fully saturated rings. The maximum absolute atomic E-state index is 5.57. The first kappa shape index (κ1) is 17.5. The summed E-state index contributed by atoms with van der Waals surface area (Å²) in [6.07, 6.45) is 5.53. The van der Waals surface area contributed by atoms with E-state index >= 15 is 0 Å². The zero-order valence-corrected chi connectivity index (χ0v) is 16.2. The van der Waals surface area contributed by atoms with Gasteiger partial charge in [0.05, 0.1) is 11.1 Å². The molecule has 0 bridgehead atoms. The quantitative estimate of drug-likeness (QED) is 0.460. The molecule has 2 aromatic heterocycles. The molecular weight excluding hydrogens is 332 g/mol. The van der Waals surface area contributed by atoms with E-state index < -0.39 is 0 Å². The van der Waals surface area contributed by atoms with Gasteiger partial charge in [0, 0.05) is 23.7 Å². The van der Waals surface area contributed by atoms with Gasteiger partial charge in [0.2, 0.25) is 0 Å². The van der Waals surface area contributed by atoms with E-state index in [1.807, 2.05) is 18.3 Å². The van der Waals surface area contributed by atoms with Crippen LogP contribution in [0.2, 0.25) is 0 Å². The number of hydrogen-bond acceptors (Lipinski definition) is 3. The van der Waals surface area contributed by atoms with Gasteiger partial charge in [-0.1, -0.05) is 62.3 Å². The van der Waals surface area contributed by atoms with Crippen molar-refractivity contribution in [2.75, 3.05) is 0 Å².